The van der Waals surface area contributed by atoms with Crippen LogP contribution in [0.25, 0.3) is 0 Å². The van der Waals surface area contributed by atoms with Gasteiger partial charge in [-0.1, -0.05) is 6.92 Å². The summed E-state index contributed by atoms with van der Waals surface area (Å²) in [5.74, 6) is -0.272. The lowest BCUT2D eigenvalue weighted by atomic mass is 10.3. The predicted molar refractivity (Wildman–Crippen MR) is 108 cm³/mol. The van der Waals surface area contributed by atoms with E-state index in [9.17, 15) is 21.6 Å². The quantitative estimate of drug-likeness (QED) is 0.595. The van der Waals surface area contributed by atoms with Crippen LogP contribution in [0.2, 0.25) is 0 Å². The molecule has 0 unspecified atom stereocenters. The highest BCUT2D eigenvalue weighted by Gasteiger charge is 2.27. The van der Waals surface area contributed by atoms with Gasteiger partial charge in [-0.2, -0.15) is 0 Å². The molecule has 1 amide bonds. The van der Waals surface area contributed by atoms with Crippen LogP contribution in [0.1, 0.15) is 6.92 Å². The standard InChI is InChI=1S/C17H28N4O5S2/c1-5-19-10-12-20(13-11-19)17(22)14-21(27(4,23)24)15-6-8-16(9-7-15)28(25,26)18(2)3/h6-9H,5,10-14H2,1-4H3. The summed E-state index contributed by atoms with van der Waals surface area (Å²) < 4.78 is 51.0. The van der Waals surface area contributed by atoms with Crippen molar-refractivity contribution in [2.45, 2.75) is 11.8 Å². The Balaban J connectivity index is 2.20. The van der Waals surface area contributed by atoms with Gasteiger partial charge in [-0.15, -0.1) is 0 Å². The Labute approximate surface area is 167 Å². The SMILES string of the molecule is CCN1CCN(C(=O)CN(c2ccc(S(=O)(=O)N(C)C)cc2)S(C)(=O)=O)CC1. The zero-order chi connectivity index (χ0) is 21.1. The topological polar surface area (TPSA) is 98.3 Å². The van der Waals surface area contributed by atoms with E-state index in [0.29, 0.717) is 13.1 Å². The number of nitrogens with zero attached hydrogens (tertiary/aromatic N) is 4. The van der Waals surface area contributed by atoms with Gasteiger partial charge in [-0.25, -0.2) is 21.1 Å². The Bertz CT molecular complexity index is 890. The lowest BCUT2D eigenvalue weighted by Crippen LogP contribution is -2.51. The molecule has 0 aromatic heterocycles. The minimum atomic E-state index is -3.72. The Hall–Kier alpha value is -1.69. The number of carbonyl (C=O) groups is 1. The highest BCUT2D eigenvalue weighted by atomic mass is 32.2. The van der Waals surface area contributed by atoms with E-state index in [1.807, 2.05) is 0 Å². The number of piperazine rings is 1. The molecule has 158 valence electrons. The molecule has 0 spiro atoms. The summed E-state index contributed by atoms with van der Waals surface area (Å²) in [6, 6.07) is 5.49. The van der Waals surface area contributed by atoms with Crippen molar-refractivity contribution in [3.05, 3.63) is 24.3 Å². The average Bonchev–Trinajstić information content (AvgIpc) is 2.65. The number of anilines is 1. The molecule has 9 nitrogen and oxygen atoms in total. The number of rotatable bonds is 7. The molecule has 0 radical (unpaired) electrons. The third kappa shape index (κ3) is 5.22. The van der Waals surface area contributed by atoms with Crippen LogP contribution in [0.15, 0.2) is 29.2 Å². The van der Waals surface area contributed by atoms with Crippen LogP contribution in [0.3, 0.4) is 0 Å². The van der Waals surface area contributed by atoms with Gasteiger partial charge in [0.05, 0.1) is 16.8 Å². The summed E-state index contributed by atoms with van der Waals surface area (Å²) in [6.07, 6.45) is 1.03. The molecule has 11 heteroatoms. The predicted octanol–water partition coefficient (Wildman–Crippen LogP) is -0.133. The van der Waals surface area contributed by atoms with Crippen LogP contribution in [-0.2, 0) is 24.8 Å². The minimum absolute atomic E-state index is 0.0525. The third-order valence-corrected chi connectivity index (χ3v) is 7.72. The first-order valence-electron chi connectivity index (χ1n) is 8.97. The first-order valence-corrected chi connectivity index (χ1v) is 12.3. The highest BCUT2D eigenvalue weighted by Crippen LogP contribution is 2.22. The molecule has 0 bridgehead atoms. The smallest absolute Gasteiger partial charge is 0.243 e. The molecule has 1 aromatic rings. The molecule has 0 atom stereocenters. The Kier molecular flexibility index (Phi) is 7.07. The Morgan fingerprint density at radius 3 is 1.96 bits per heavy atom. The zero-order valence-electron chi connectivity index (χ0n) is 16.7. The molecule has 1 heterocycles. The van der Waals surface area contributed by atoms with E-state index in [4.69, 9.17) is 0 Å². The zero-order valence-corrected chi connectivity index (χ0v) is 18.3. The maximum absolute atomic E-state index is 12.6. The molecule has 0 N–H and O–H groups in total. The number of likely N-dealkylation sites (N-methyl/N-ethyl adjacent to an activating group) is 1. The highest BCUT2D eigenvalue weighted by molar-refractivity contribution is 7.92. The summed E-state index contributed by atoms with van der Waals surface area (Å²) >= 11 is 0. The van der Waals surface area contributed by atoms with Crippen LogP contribution in [0.5, 0.6) is 0 Å². The van der Waals surface area contributed by atoms with Crippen LogP contribution in [0.4, 0.5) is 5.69 Å². The minimum Gasteiger partial charge on any atom is -0.339 e. The largest absolute Gasteiger partial charge is 0.339 e. The first kappa shape index (κ1) is 22.6. The number of hydrogen-bond donors (Lipinski definition) is 0. The number of hydrogen-bond acceptors (Lipinski definition) is 6. The van der Waals surface area contributed by atoms with Crippen LogP contribution in [-0.4, -0.2) is 96.5 Å². The van der Waals surface area contributed by atoms with Gasteiger partial charge in [0, 0.05) is 40.3 Å². The van der Waals surface area contributed by atoms with E-state index >= 15 is 0 Å². The molecule has 0 saturated carbocycles. The second-order valence-corrected chi connectivity index (χ2v) is 10.9. The van der Waals surface area contributed by atoms with Gasteiger partial charge >= 0.3 is 0 Å². The summed E-state index contributed by atoms with van der Waals surface area (Å²) in [5, 5.41) is 0. The van der Waals surface area contributed by atoms with Gasteiger partial charge in [0.2, 0.25) is 26.0 Å². The van der Waals surface area contributed by atoms with E-state index < -0.39 is 20.0 Å². The molecule has 1 saturated heterocycles. The molecule has 0 aliphatic carbocycles. The van der Waals surface area contributed by atoms with Crippen molar-refractivity contribution in [1.82, 2.24) is 14.1 Å². The molecule has 28 heavy (non-hydrogen) atoms. The maximum atomic E-state index is 12.6. The summed E-state index contributed by atoms with van der Waals surface area (Å²) in [5.41, 5.74) is 0.251. The normalized spacial score (nSPS) is 16.4. The second kappa shape index (κ2) is 8.76. The fourth-order valence-electron chi connectivity index (χ4n) is 2.93. The van der Waals surface area contributed by atoms with E-state index in [0.717, 1.165) is 34.5 Å². The number of carbonyl (C=O) groups excluding carboxylic acids is 1. The number of amides is 1. The Morgan fingerprint density at radius 1 is 1.00 bits per heavy atom. The number of sulfonamides is 2. The molecule has 1 aromatic carbocycles. The van der Waals surface area contributed by atoms with Crippen LogP contribution in [0, 0.1) is 0 Å². The van der Waals surface area contributed by atoms with Crippen molar-refractivity contribution in [2.24, 2.45) is 0 Å². The van der Waals surface area contributed by atoms with Gasteiger partial charge < -0.3 is 9.80 Å². The second-order valence-electron chi connectivity index (χ2n) is 6.87. The van der Waals surface area contributed by atoms with Gasteiger partial charge in [-0.05, 0) is 30.8 Å². The van der Waals surface area contributed by atoms with Gasteiger partial charge in [-0.3, -0.25) is 9.10 Å². The first-order chi connectivity index (χ1) is 13.0. The van der Waals surface area contributed by atoms with E-state index in [1.165, 1.54) is 38.4 Å². The van der Waals surface area contributed by atoms with Gasteiger partial charge in [0.15, 0.2) is 0 Å². The summed E-state index contributed by atoms with van der Waals surface area (Å²) in [4.78, 5) is 16.6. The van der Waals surface area contributed by atoms with Crippen molar-refractivity contribution in [2.75, 3.05) is 63.9 Å². The van der Waals surface area contributed by atoms with Crippen molar-refractivity contribution in [1.29, 1.82) is 0 Å². The average molecular weight is 433 g/mol. The van der Waals surface area contributed by atoms with Gasteiger partial charge in [0.1, 0.15) is 6.54 Å². The fourth-order valence-corrected chi connectivity index (χ4v) is 4.68. The van der Waals surface area contributed by atoms with Crippen LogP contribution >= 0.6 is 0 Å². The fraction of sp³-hybridized carbons (Fsp3) is 0.588. The summed E-state index contributed by atoms with van der Waals surface area (Å²) in [6.45, 7) is 5.30. The van der Waals surface area contributed by atoms with Crippen LogP contribution < -0.4 is 4.31 Å². The van der Waals surface area contributed by atoms with Gasteiger partial charge in [0.25, 0.3) is 0 Å². The van der Waals surface area contributed by atoms with Crippen molar-refractivity contribution >= 4 is 31.6 Å². The van der Waals surface area contributed by atoms with Crippen molar-refractivity contribution in [3.63, 3.8) is 0 Å². The lowest BCUT2D eigenvalue weighted by molar-refractivity contribution is -0.131. The molecule has 1 aliphatic rings. The van der Waals surface area contributed by atoms with Crippen molar-refractivity contribution < 1.29 is 21.6 Å². The summed E-state index contributed by atoms with van der Waals surface area (Å²) in [7, 11) is -4.49. The molecule has 1 fully saturated rings. The lowest BCUT2D eigenvalue weighted by Gasteiger charge is -2.35. The van der Waals surface area contributed by atoms with E-state index in [-0.39, 0.29) is 23.0 Å². The molecule has 2 rings (SSSR count). The monoisotopic (exact) mass is 432 g/mol. The molecular weight excluding hydrogens is 404 g/mol. The van der Waals surface area contributed by atoms with E-state index in [1.54, 1.807) is 4.90 Å². The number of benzene rings is 1. The Morgan fingerprint density at radius 2 is 1.54 bits per heavy atom. The molecule has 1 aliphatic heterocycles. The van der Waals surface area contributed by atoms with E-state index in [2.05, 4.69) is 11.8 Å². The maximum Gasteiger partial charge on any atom is 0.243 e. The molecular formula is C17H28N4O5S2. The third-order valence-electron chi connectivity index (χ3n) is 4.75. The van der Waals surface area contributed by atoms with Crippen molar-refractivity contribution in [3.8, 4) is 0 Å².